The van der Waals surface area contributed by atoms with Crippen LogP contribution in [0, 0.1) is 0 Å². The summed E-state index contributed by atoms with van der Waals surface area (Å²) in [5.41, 5.74) is 8.86. The van der Waals surface area contributed by atoms with Gasteiger partial charge in [0.05, 0.1) is 16.9 Å². The van der Waals surface area contributed by atoms with Crippen molar-refractivity contribution < 1.29 is 4.42 Å². The molecule has 0 radical (unpaired) electrons. The number of hydrogen-bond donors (Lipinski definition) is 0. The summed E-state index contributed by atoms with van der Waals surface area (Å²) in [4.78, 5) is 29.1. The van der Waals surface area contributed by atoms with Gasteiger partial charge in [0, 0.05) is 27.8 Å². The van der Waals surface area contributed by atoms with Crippen LogP contribution in [-0.2, 0) is 0 Å². The Morgan fingerprint density at radius 1 is 0.596 bits per heavy atom. The number of allylic oxidation sites excluding steroid dienone is 4. The molecule has 0 N–H and O–H groups in total. The minimum absolute atomic E-state index is 0.0245. The van der Waals surface area contributed by atoms with Crippen LogP contribution in [0.2, 0.25) is 0 Å². The minimum Gasteiger partial charge on any atom is -0.454 e. The average molecular weight is 607 g/mol. The SMILES string of the molecule is C1=CC(c2ccc3ncnc(-c4ccc5oc6ccccc6c5n4)c3c2)=CC(c2nc(-c3ccccc3)nc(-c3ccccc3)n2)C1. The molecule has 0 amide bonds. The number of fused-ring (bicyclic) bond motifs is 4. The summed E-state index contributed by atoms with van der Waals surface area (Å²) in [6.45, 7) is 0. The Balaban J connectivity index is 1.13. The van der Waals surface area contributed by atoms with Crippen LogP contribution in [0.25, 0.3) is 72.7 Å². The maximum absolute atomic E-state index is 6.02. The highest BCUT2D eigenvalue weighted by Crippen LogP contribution is 2.35. The monoisotopic (exact) mass is 606 g/mol. The van der Waals surface area contributed by atoms with E-state index in [0.717, 1.165) is 78.9 Å². The second kappa shape index (κ2) is 11.2. The molecule has 0 fully saturated rings. The van der Waals surface area contributed by atoms with Crippen molar-refractivity contribution in [3.8, 4) is 34.2 Å². The predicted octanol–water partition coefficient (Wildman–Crippen LogP) is 9.24. The third-order valence-electron chi connectivity index (χ3n) is 8.55. The van der Waals surface area contributed by atoms with E-state index in [9.17, 15) is 0 Å². The molecule has 4 heterocycles. The molecule has 0 aliphatic heterocycles. The van der Waals surface area contributed by atoms with E-state index in [4.69, 9.17) is 29.3 Å². The number of rotatable bonds is 5. The zero-order valence-electron chi connectivity index (χ0n) is 25.2. The lowest BCUT2D eigenvalue weighted by Gasteiger charge is -2.18. The molecule has 8 aromatic rings. The molecule has 47 heavy (non-hydrogen) atoms. The van der Waals surface area contributed by atoms with E-state index in [1.54, 1.807) is 6.33 Å². The fraction of sp³-hybridized carbons (Fsp3) is 0.0500. The molecule has 7 nitrogen and oxygen atoms in total. The van der Waals surface area contributed by atoms with Crippen LogP contribution in [0.15, 0.2) is 144 Å². The fourth-order valence-electron chi connectivity index (χ4n) is 6.21. The topological polar surface area (TPSA) is 90.5 Å². The van der Waals surface area contributed by atoms with E-state index < -0.39 is 0 Å². The molecule has 4 aromatic carbocycles. The summed E-state index contributed by atoms with van der Waals surface area (Å²) in [5.74, 6) is 2.06. The van der Waals surface area contributed by atoms with Gasteiger partial charge in [-0.2, -0.15) is 0 Å². The van der Waals surface area contributed by atoms with Crippen LogP contribution >= 0.6 is 0 Å². The van der Waals surface area contributed by atoms with Crippen LogP contribution in [0.4, 0.5) is 0 Å². The van der Waals surface area contributed by atoms with Crippen LogP contribution < -0.4 is 0 Å². The van der Waals surface area contributed by atoms with Crippen molar-refractivity contribution in [3.63, 3.8) is 0 Å². The van der Waals surface area contributed by atoms with Gasteiger partial charge in [-0.25, -0.2) is 29.9 Å². The lowest BCUT2D eigenvalue weighted by Crippen LogP contribution is -2.08. The van der Waals surface area contributed by atoms with Crippen LogP contribution in [0.3, 0.4) is 0 Å². The van der Waals surface area contributed by atoms with E-state index in [1.165, 1.54) is 0 Å². The van der Waals surface area contributed by atoms with Gasteiger partial charge in [0.25, 0.3) is 0 Å². The molecule has 222 valence electrons. The van der Waals surface area contributed by atoms with Gasteiger partial charge >= 0.3 is 0 Å². The Bertz CT molecular complexity index is 2450. The van der Waals surface area contributed by atoms with Crippen molar-refractivity contribution in [1.29, 1.82) is 0 Å². The standard InChI is InChI=1S/C40H26N6O/c1-3-10-25(11-4-1)38-44-39(26-12-5-2-6-13-26)46-40(45-38)29-15-9-14-27(22-29)28-18-19-32-31(23-28)36(42-24-41-32)33-20-21-35-37(43-33)30-16-7-8-17-34(30)47-35/h1-14,16-24,29H,15H2. The number of furan rings is 1. The molecule has 1 atom stereocenters. The Morgan fingerprint density at radius 3 is 2.13 bits per heavy atom. The van der Waals surface area contributed by atoms with Crippen LogP contribution in [-0.4, -0.2) is 29.9 Å². The highest BCUT2D eigenvalue weighted by molar-refractivity contribution is 6.03. The van der Waals surface area contributed by atoms with Crippen molar-refractivity contribution in [2.24, 2.45) is 0 Å². The van der Waals surface area contributed by atoms with Gasteiger partial charge in [-0.15, -0.1) is 0 Å². The summed E-state index contributed by atoms with van der Waals surface area (Å²) < 4.78 is 6.02. The van der Waals surface area contributed by atoms with E-state index in [0.29, 0.717) is 11.6 Å². The van der Waals surface area contributed by atoms with Crippen molar-refractivity contribution in [2.45, 2.75) is 12.3 Å². The van der Waals surface area contributed by atoms with Crippen molar-refractivity contribution >= 4 is 38.5 Å². The molecule has 4 aromatic heterocycles. The van der Waals surface area contributed by atoms with Gasteiger partial charge in [-0.1, -0.05) is 97.1 Å². The largest absolute Gasteiger partial charge is 0.454 e. The van der Waals surface area contributed by atoms with Gasteiger partial charge in [0.15, 0.2) is 17.2 Å². The summed E-state index contributed by atoms with van der Waals surface area (Å²) in [5, 5.41) is 1.91. The highest BCUT2D eigenvalue weighted by Gasteiger charge is 2.20. The molecule has 9 rings (SSSR count). The first kappa shape index (κ1) is 27.0. The molecular formula is C40H26N6O. The Kier molecular flexibility index (Phi) is 6.45. The van der Waals surface area contributed by atoms with Gasteiger partial charge < -0.3 is 4.42 Å². The van der Waals surface area contributed by atoms with Crippen molar-refractivity contribution in [1.82, 2.24) is 29.9 Å². The van der Waals surface area contributed by atoms with Crippen molar-refractivity contribution in [3.05, 3.63) is 151 Å². The number of aromatic nitrogens is 6. The lowest BCUT2D eigenvalue weighted by atomic mass is 9.91. The van der Waals surface area contributed by atoms with Gasteiger partial charge in [0.2, 0.25) is 0 Å². The minimum atomic E-state index is -0.0245. The molecule has 0 bridgehead atoms. The molecule has 0 saturated carbocycles. The first-order valence-corrected chi connectivity index (χ1v) is 15.6. The zero-order valence-corrected chi connectivity index (χ0v) is 25.2. The summed E-state index contributed by atoms with van der Waals surface area (Å²) in [6.07, 6.45) is 9.01. The molecule has 7 heteroatoms. The van der Waals surface area contributed by atoms with Crippen molar-refractivity contribution in [2.75, 3.05) is 0 Å². The number of nitrogens with zero attached hydrogens (tertiary/aromatic N) is 6. The first-order valence-electron chi connectivity index (χ1n) is 15.6. The third-order valence-corrected chi connectivity index (χ3v) is 8.55. The first-order chi connectivity index (χ1) is 23.3. The normalized spacial score (nSPS) is 14.6. The van der Waals surface area contributed by atoms with E-state index in [2.05, 4.69) is 35.3 Å². The summed E-state index contributed by atoms with van der Waals surface area (Å²) in [7, 11) is 0. The maximum atomic E-state index is 6.02. The number of para-hydroxylation sites is 1. The van der Waals surface area contributed by atoms with Crippen LogP contribution in [0.5, 0.6) is 0 Å². The van der Waals surface area contributed by atoms with E-state index in [1.807, 2.05) is 103 Å². The Hall–Kier alpha value is -6.34. The lowest BCUT2D eigenvalue weighted by molar-refractivity contribution is 0.668. The molecule has 0 spiro atoms. The molecular weight excluding hydrogens is 580 g/mol. The van der Waals surface area contributed by atoms with Gasteiger partial charge in [0.1, 0.15) is 23.3 Å². The van der Waals surface area contributed by atoms with E-state index >= 15 is 0 Å². The number of pyridine rings is 1. The van der Waals surface area contributed by atoms with Gasteiger partial charge in [-0.3, -0.25) is 0 Å². The quantitative estimate of drug-likeness (QED) is 0.193. The highest BCUT2D eigenvalue weighted by atomic mass is 16.3. The number of benzene rings is 4. The summed E-state index contributed by atoms with van der Waals surface area (Å²) >= 11 is 0. The van der Waals surface area contributed by atoms with Gasteiger partial charge in [-0.05, 0) is 54.0 Å². The molecule has 1 aliphatic carbocycles. The van der Waals surface area contributed by atoms with E-state index in [-0.39, 0.29) is 5.92 Å². The molecule has 0 saturated heterocycles. The molecule has 1 aliphatic rings. The second-order valence-corrected chi connectivity index (χ2v) is 11.5. The third kappa shape index (κ3) is 4.94. The second-order valence-electron chi connectivity index (χ2n) is 11.5. The molecule has 1 unspecified atom stereocenters. The Morgan fingerprint density at radius 2 is 1.34 bits per heavy atom. The maximum Gasteiger partial charge on any atom is 0.163 e. The smallest absolute Gasteiger partial charge is 0.163 e. The Labute approximate surface area is 270 Å². The predicted molar refractivity (Wildman–Crippen MR) is 185 cm³/mol. The fourth-order valence-corrected chi connectivity index (χ4v) is 6.21. The number of hydrogen-bond acceptors (Lipinski definition) is 7. The zero-order chi connectivity index (χ0) is 31.2. The van der Waals surface area contributed by atoms with Crippen LogP contribution in [0.1, 0.15) is 23.7 Å². The average Bonchev–Trinajstić information content (AvgIpc) is 3.53. The summed E-state index contributed by atoms with van der Waals surface area (Å²) in [6, 6.07) is 38.3.